The van der Waals surface area contributed by atoms with Crippen LogP contribution in [0.2, 0.25) is 0 Å². The number of benzene rings is 2. The monoisotopic (exact) mass is 545 g/mol. The summed E-state index contributed by atoms with van der Waals surface area (Å²) >= 11 is 0. The Balaban J connectivity index is 1.27. The summed E-state index contributed by atoms with van der Waals surface area (Å²) in [5.41, 5.74) is 0.871. The summed E-state index contributed by atoms with van der Waals surface area (Å²) in [6.07, 6.45) is 0.412. The first kappa shape index (κ1) is 27.0. The normalized spacial score (nSPS) is 23.9. The van der Waals surface area contributed by atoms with E-state index in [0.29, 0.717) is 47.6 Å². The molecule has 1 saturated heterocycles. The van der Waals surface area contributed by atoms with Crippen molar-refractivity contribution in [3.05, 3.63) is 53.6 Å². The number of ether oxygens (including phenoxy) is 3. The third kappa shape index (κ3) is 6.20. The van der Waals surface area contributed by atoms with Gasteiger partial charge in [0.2, 0.25) is 5.91 Å². The molecule has 3 aliphatic rings. The molecule has 39 heavy (non-hydrogen) atoms. The van der Waals surface area contributed by atoms with E-state index in [4.69, 9.17) is 14.2 Å². The topological polar surface area (TPSA) is 97.9 Å². The number of nitrogens with one attached hydrogen (secondary N) is 3. The number of halogens is 3. The Morgan fingerprint density at radius 2 is 2.00 bits per heavy atom. The molecule has 2 aromatic rings. The average Bonchev–Trinajstić information content (AvgIpc) is 3.10. The number of hydrogen-bond acceptors (Lipinski definition) is 6. The predicted octanol–water partition coefficient (Wildman–Crippen LogP) is 5.57. The van der Waals surface area contributed by atoms with Gasteiger partial charge in [-0.3, -0.25) is 9.59 Å². The van der Waals surface area contributed by atoms with Crippen molar-refractivity contribution in [1.82, 2.24) is 0 Å². The quantitative estimate of drug-likeness (QED) is 0.426. The standard InChI is InChI=1S/C28H30F3N3O5/c1-27(16-39-25-6-2-3-11-38-25)26(36)33-22-15-19(8-10-21(22)34-27)32-24(35)13-17-5-4-12-37-23-14-18(28(29,30)31)7-9-20(17)23/h7-10,13-15,25,34H,2-6,11-12,16H2,1H3,(H,32,35)(H,33,36). The van der Waals surface area contributed by atoms with Crippen molar-refractivity contribution in [1.29, 1.82) is 0 Å². The van der Waals surface area contributed by atoms with Crippen LogP contribution < -0.4 is 20.7 Å². The number of alkyl halides is 3. The van der Waals surface area contributed by atoms with Crippen molar-refractivity contribution < 1.29 is 37.0 Å². The van der Waals surface area contributed by atoms with Crippen LogP contribution in [0, 0.1) is 0 Å². The first-order chi connectivity index (χ1) is 18.6. The van der Waals surface area contributed by atoms with E-state index in [1.54, 1.807) is 25.1 Å². The van der Waals surface area contributed by atoms with Crippen LogP contribution >= 0.6 is 0 Å². The molecular weight excluding hydrogens is 515 g/mol. The lowest BCUT2D eigenvalue weighted by atomic mass is 9.98. The molecule has 11 heteroatoms. The van der Waals surface area contributed by atoms with Gasteiger partial charge in [-0.05, 0) is 74.9 Å². The Labute approximate surface area is 223 Å². The molecule has 3 heterocycles. The third-order valence-corrected chi connectivity index (χ3v) is 6.95. The third-order valence-electron chi connectivity index (χ3n) is 6.95. The number of allylic oxidation sites excluding steroid dienone is 1. The molecule has 0 radical (unpaired) electrons. The molecule has 8 nitrogen and oxygen atoms in total. The summed E-state index contributed by atoms with van der Waals surface area (Å²) in [5, 5.41) is 8.88. The summed E-state index contributed by atoms with van der Waals surface area (Å²) in [5.74, 6) is -0.616. The molecule has 2 amide bonds. The molecule has 3 aliphatic heterocycles. The maximum absolute atomic E-state index is 13.1. The summed E-state index contributed by atoms with van der Waals surface area (Å²) in [4.78, 5) is 25.8. The molecular formula is C28H30F3N3O5. The number of amides is 2. The Bertz CT molecular complexity index is 1290. The second kappa shape index (κ2) is 10.9. The number of carbonyl (C=O) groups excluding carboxylic acids is 2. The first-order valence-electron chi connectivity index (χ1n) is 12.9. The van der Waals surface area contributed by atoms with Crippen LogP contribution in [-0.4, -0.2) is 43.5 Å². The van der Waals surface area contributed by atoms with E-state index >= 15 is 0 Å². The molecule has 2 aromatic carbocycles. The summed E-state index contributed by atoms with van der Waals surface area (Å²) < 4.78 is 56.4. The lowest BCUT2D eigenvalue weighted by Crippen LogP contribution is -2.54. The van der Waals surface area contributed by atoms with Crippen molar-refractivity contribution in [2.45, 2.75) is 57.0 Å². The molecule has 0 aromatic heterocycles. The van der Waals surface area contributed by atoms with Gasteiger partial charge in [0.1, 0.15) is 11.3 Å². The van der Waals surface area contributed by atoms with Crippen molar-refractivity contribution in [2.75, 3.05) is 35.8 Å². The van der Waals surface area contributed by atoms with Gasteiger partial charge in [0, 0.05) is 23.9 Å². The predicted molar refractivity (Wildman–Crippen MR) is 139 cm³/mol. The molecule has 208 valence electrons. The van der Waals surface area contributed by atoms with Crippen LogP contribution in [0.15, 0.2) is 42.5 Å². The Morgan fingerprint density at radius 3 is 2.77 bits per heavy atom. The molecule has 1 fully saturated rings. The first-order valence-corrected chi connectivity index (χ1v) is 12.9. The van der Waals surface area contributed by atoms with Gasteiger partial charge in [0.15, 0.2) is 6.29 Å². The highest BCUT2D eigenvalue weighted by molar-refractivity contribution is 6.08. The number of carbonyl (C=O) groups is 2. The minimum absolute atomic E-state index is 0.103. The van der Waals surface area contributed by atoms with Crippen LogP contribution in [0.5, 0.6) is 5.75 Å². The highest BCUT2D eigenvalue weighted by Gasteiger charge is 2.39. The average molecular weight is 546 g/mol. The molecule has 0 spiro atoms. The van der Waals surface area contributed by atoms with Crippen LogP contribution in [0.4, 0.5) is 30.2 Å². The number of rotatable bonds is 5. The Hall–Kier alpha value is -3.57. The zero-order valence-corrected chi connectivity index (χ0v) is 21.5. The van der Waals surface area contributed by atoms with Crippen LogP contribution in [0.25, 0.3) is 5.57 Å². The molecule has 3 N–H and O–H groups in total. The van der Waals surface area contributed by atoms with Crippen LogP contribution in [-0.2, 0) is 25.2 Å². The van der Waals surface area contributed by atoms with E-state index in [-0.39, 0.29) is 31.2 Å². The van der Waals surface area contributed by atoms with E-state index in [0.717, 1.165) is 31.4 Å². The lowest BCUT2D eigenvalue weighted by Gasteiger charge is -2.37. The Morgan fingerprint density at radius 1 is 1.15 bits per heavy atom. The number of anilines is 3. The van der Waals surface area contributed by atoms with E-state index in [1.165, 1.54) is 12.1 Å². The second-order valence-electron chi connectivity index (χ2n) is 10.1. The van der Waals surface area contributed by atoms with E-state index in [2.05, 4.69) is 16.0 Å². The van der Waals surface area contributed by atoms with Crippen LogP contribution in [0.1, 0.15) is 50.2 Å². The highest BCUT2D eigenvalue weighted by Crippen LogP contribution is 2.38. The highest BCUT2D eigenvalue weighted by atomic mass is 19.4. The molecule has 0 aliphatic carbocycles. The molecule has 2 unspecified atom stereocenters. The van der Waals surface area contributed by atoms with Gasteiger partial charge >= 0.3 is 6.18 Å². The zero-order valence-electron chi connectivity index (χ0n) is 21.5. The SMILES string of the molecule is CC1(COC2CCCCO2)Nc2ccc(NC(=O)C=C3CCCOc4cc(C(F)(F)F)ccc43)cc2NC1=O. The van der Waals surface area contributed by atoms with E-state index in [9.17, 15) is 22.8 Å². The molecule has 2 atom stereocenters. The zero-order chi connectivity index (χ0) is 27.6. The summed E-state index contributed by atoms with van der Waals surface area (Å²) in [6.45, 7) is 2.78. The molecule has 5 rings (SSSR count). The molecule has 0 saturated carbocycles. The lowest BCUT2D eigenvalue weighted by molar-refractivity contribution is -0.170. The minimum atomic E-state index is -4.49. The Kier molecular flexibility index (Phi) is 7.55. The summed E-state index contributed by atoms with van der Waals surface area (Å²) in [7, 11) is 0. The maximum atomic E-state index is 13.1. The van der Waals surface area contributed by atoms with Gasteiger partial charge in [0.05, 0.1) is 30.2 Å². The van der Waals surface area contributed by atoms with Gasteiger partial charge in [0.25, 0.3) is 5.91 Å². The summed E-state index contributed by atoms with van der Waals surface area (Å²) in [6, 6.07) is 8.38. The molecule has 0 bridgehead atoms. The van der Waals surface area contributed by atoms with Gasteiger partial charge in [-0.2, -0.15) is 13.2 Å². The minimum Gasteiger partial charge on any atom is -0.493 e. The van der Waals surface area contributed by atoms with Crippen molar-refractivity contribution >= 4 is 34.4 Å². The van der Waals surface area contributed by atoms with Crippen molar-refractivity contribution in [2.24, 2.45) is 0 Å². The second-order valence-corrected chi connectivity index (χ2v) is 10.1. The fraction of sp³-hybridized carbons (Fsp3) is 0.429. The fourth-order valence-corrected chi connectivity index (χ4v) is 4.80. The van der Waals surface area contributed by atoms with Gasteiger partial charge in [-0.1, -0.05) is 6.07 Å². The van der Waals surface area contributed by atoms with Gasteiger partial charge in [-0.15, -0.1) is 0 Å². The maximum Gasteiger partial charge on any atom is 0.416 e. The van der Waals surface area contributed by atoms with Crippen molar-refractivity contribution in [3.63, 3.8) is 0 Å². The number of fused-ring (bicyclic) bond motifs is 2. The largest absolute Gasteiger partial charge is 0.493 e. The fourth-order valence-electron chi connectivity index (χ4n) is 4.80. The van der Waals surface area contributed by atoms with Crippen LogP contribution in [0.3, 0.4) is 0 Å². The van der Waals surface area contributed by atoms with E-state index < -0.39 is 23.2 Å². The smallest absolute Gasteiger partial charge is 0.416 e. The van der Waals surface area contributed by atoms with E-state index in [1.807, 2.05) is 0 Å². The van der Waals surface area contributed by atoms with Gasteiger partial charge < -0.3 is 30.2 Å². The number of hydrogen-bond donors (Lipinski definition) is 3. The van der Waals surface area contributed by atoms with Crippen molar-refractivity contribution in [3.8, 4) is 5.75 Å². The van der Waals surface area contributed by atoms with Gasteiger partial charge in [-0.25, -0.2) is 0 Å².